The fraction of sp³-hybridized carbons (Fsp3) is 0.714. The molecule has 12 heteroatoms. The SMILES string of the molecule is CC(CCC(=O)NC=O)N1Cc2cc(N3CCN(CCN4CCN(C(=O)N5CCC(N6CCCCC6)CC5)CC4)CC3)ccc2C1=O. The number of carbonyl (C=O) groups excluding carboxylic acids is 4. The molecular weight excluding hydrogens is 596 g/mol. The van der Waals surface area contributed by atoms with Crippen molar-refractivity contribution in [2.45, 2.75) is 70.5 Å². The quantitative estimate of drug-likeness (QED) is 0.384. The number of urea groups is 1. The van der Waals surface area contributed by atoms with Gasteiger partial charge < -0.3 is 24.5 Å². The zero-order valence-electron chi connectivity index (χ0n) is 28.3. The number of anilines is 1. The van der Waals surface area contributed by atoms with E-state index in [1.807, 2.05) is 17.9 Å². The highest BCUT2D eigenvalue weighted by Crippen LogP contribution is 2.30. The lowest BCUT2D eigenvalue weighted by Crippen LogP contribution is -2.56. The second kappa shape index (κ2) is 15.8. The first-order valence-electron chi connectivity index (χ1n) is 18.0. The summed E-state index contributed by atoms with van der Waals surface area (Å²) in [5, 5.41) is 2.17. The monoisotopic (exact) mass is 650 g/mol. The average molecular weight is 651 g/mol. The highest BCUT2D eigenvalue weighted by molar-refractivity contribution is 5.99. The van der Waals surface area contributed by atoms with Crippen LogP contribution < -0.4 is 10.2 Å². The molecule has 1 unspecified atom stereocenters. The molecule has 0 bridgehead atoms. The van der Waals surface area contributed by atoms with Crippen LogP contribution in [0.15, 0.2) is 18.2 Å². The number of benzene rings is 1. The maximum Gasteiger partial charge on any atom is 0.320 e. The number of hydrogen-bond donors (Lipinski definition) is 1. The lowest BCUT2D eigenvalue weighted by Gasteiger charge is -2.43. The molecule has 47 heavy (non-hydrogen) atoms. The zero-order chi connectivity index (χ0) is 32.8. The third-order valence-electron chi connectivity index (χ3n) is 11.2. The summed E-state index contributed by atoms with van der Waals surface area (Å²) in [6.45, 7) is 16.3. The molecular formula is C35H54N8O4. The minimum Gasteiger partial charge on any atom is -0.369 e. The number of piperazine rings is 2. The minimum absolute atomic E-state index is 0.0118. The Kier molecular flexibility index (Phi) is 11.3. The van der Waals surface area contributed by atoms with Gasteiger partial charge in [0, 0.05) is 115 Å². The molecule has 5 aliphatic rings. The van der Waals surface area contributed by atoms with E-state index >= 15 is 0 Å². The van der Waals surface area contributed by atoms with Crippen LogP contribution in [-0.2, 0) is 16.1 Å². The maximum atomic E-state index is 13.3. The molecule has 1 atom stereocenters. The Morgan fingerprint density at radius 2 is 1.49 bits per heavy atom. The first-order chi connectivity index (χ1) is 22.9. The van der Waals surface area contributed by atoms with Gasteiger partial charge in [-0.1, -0.05) is 6.42 Å². The van der Waals surface area contributed by atoms with E-state index < -0.39 is 0 Å². The standard InChI is InChI=1S/C35H54N8O4/c1-28(5-8-33(45)36-27-44)43-26-29-25-31(6-7-32(29)34(43)46)40-21-17-37(18-22-40)15-16-38-19-23-42(24-20-38)35(47)41-13-9-30(10-14-41)39-11-3-2-4-12-39/h6-7,25,27-28,30H,2-5,8-24,26H2,1H3,(H,36,44,45). The molecule has 6 rings (SSSR count). The summed E-state index contributed by atoms with van der Waals surface area (Å²) in [6, 6.07) is 7.00. The Labute approximate surface area is 280 Å². The first-order valence-corrected chi connectivity index (χ1v) is 18.0. The van der Waals surface area contributed by atoms with Gasteiger partial charge in [0.25, 0.3) is 5.91 Å². The fourth-order valence-corrected chi connectivity index (χ4v) is 8.10. The number of likely N-dealkylation sites (tertiary alicyclic amines) is 2. The molecule has 5 amide bonds. The maximum absolute atomic E-state index is 13.3. The van der Waals surface area contributed by atoms with Gasteiger partial charge in [0.15, 0.2) is 0 Å². The number of amides is 5. The third kappa shape index (κ3) is 8.26. The van der Waals surface area contributed by atoms with Crippen LogP contribution in [0.2, 0.25) is 0 Å². The highest BCUT2D eigenvalue weighted by Gasteiger charge is 2.33. The average Bonchev–Trinajstić information content (AvgIpc) is 3.45. The topological polar surface area (TPSA) is 103 Å². The summed E-state index contributed by atoms with van der Waals surface area (Å²) in [6.07, 6.45) is 7.40. The van der Waals surface area contributed by atoms with E-state index in [2.05, 4.69) is 46.8 Å². The van der Waals surface area contributed by atoms with Gasteiger partial charge in [-0.25, -0.2) is 4.79 Å². The third-order valence-corrected chi connectivity index (χ3v) is 11.2. The number of carbonyl (C=O) groups is 4. The Morgan fingerprint density at radius 3 is 2.15 bits per heavy atom. The number of nitrogens with zero attached hydrogens (tertiary/aromatic N) is 7. The molecule has 5 heterocycles. The van der Waals surface area contributed by atoms with E-state index in [-0.39, 0.29) is 30.3 Å². The molecule has 0 aliphatic carbocycles. The number of hydrogen-bond acceptors (Lipinski definition) is 8. The molecule has 1 N–H and O–H groups in total. The van der Waals surface area contributed by atoms with Crippen LogP contribution >= 0.6 is 0 Å². The Hall–Kier alpha value is -3.22. The number of nitrogens with one attached hydrogen (secondary N) is 1. The van der Waals surface area contributed by atoms with Crippen molar-refractivity contribution in [2.75, 3.05) is 96.5 Å². The van der Waals surface area contributed by atoms with Gasteiger partial charge >= 0.3 is 6.03 Å². The van der Waals surface area contributed by atoms with Gasteiger partial charge in [0.1, 0.15) is 0 Å². The highest BCUT2D eigenvalue weighted by atomic mass is 16.2. The van der Waals surface area contributed by atoms with Crippen molar-refractivity contribution in [3.8, 4) is 0 Å². The molecule has 12 nitrogen and oxygen atoms in total. The van der Waals surface area contributed by atoms with Crippen molar-refractivity contribution in [3.05, 3.63) is 29.3 Å². The van der Waals surface area contributed by atoms with Crippen molar-refractivity contribution in [2.24, 2.45) is 0 Å². The second-order valence-corrected chi connectivity index (χ2v) is 14.1. The zero-order valence-corrected chi connectivity index (χ0v) is 28.3. The van der Waals surface area contributed by atoms with Crippen LogP contribution in [0.1, 0.15) is 67.8 Å². The fourth-order valence-electron chi connectivity index (χ4n) is 8.10. The van der Waals surface area contributed by atoms with E-state index in [1.54, 1.807) is 0 Å². The van der Waals surface area contributed by atoms with Crippen LogP contribution in [-0.4, -0.2) is 157 Å². The van der Waals surface area contributed by atoms with Crippen molar-refractivity contribution in [3.63, 3.8) is 0 Å². The molecule has 0 radical (unpaired) electrons. The summed E-state index contributed by atoms with van der Waals surface area (Å²) in [5.74, 6) is -0.307. The number of imide groups is 1. The molecule has 1 aromatic rings. The predicted molar refractivity (Wildman–Crippen MR) is 181 cm³/mol. The van der Waals surface area contributed by atoms with Crippen LogP contribution in [0.3, 0.4) is 0 Å². The lowest BCUT2D eigenvalue weighted by atomic mass is 10.00. The molecule has 258 valence electrons. The van der Waals surface area contributed by atoms with Crippen LogP contribution in [0.25, 0.3) is 0 Å². The predicted octanol–water partition coefficient (Wildman–Crippen LogP) is 1.89. The van der Waals surface area contributed by atoms with Crippen molar-refractivity contribution >= 4 is 29.9 Å². The van der Waals surface area contributed by atoms with Gasteiger partial charge in [0.05, 0.1) is 0 Å². The largest absolute Gasteiger partial charge is 0.369 e. The summed E-state index contributed by atoms with van der Waals surface area (Å²) >= 11 is 0. The van der Waals surface area contributed by atoms with Crippen molar-refractivity contribution in [1.29, 1.82) is 0 Å². The Morgan fingerprint density at radius 1 is 0.851 bits per heavy atom. The molecule has 0 spiro atoms. The van der Waals surface area contributed by atoms with E-state index in [0.29, 0.717) is 25.4 Å². The van der Waals surface area contributed by atoms with Gasteiger partial charge in [0.2, 0.25) is 12.3 Å². The van der Waals surface area contributed by atoms with Crippen LogP contribution in [0.5, 0.6) is 0 Å². The van der Waals surface area contributed by atoms with E-state index in [0.717, 1.165) is 108 Å². The molecule has 5 aliphatic heterocycles. The number of rotatable bonds is 10. The number of piperidine rings is 2. The minimum atomic E-state index is -0.319. The van der Waals surface area contributed by atoms with Gasteiger partial charge in [-0.2, -0.15) is 0 Å². The molecule has 4 fully saturated rings. The van der Waals surface area contributed by atoms with Crippen LogP contribution in [0.4, 0.5) is 10.5 Å². The number of fused-ring (bicyclic) bond motifs is 1. The molecule has 1 aromatic carbocycles. The van der Waals surface area contributed by atoms with Gasteiger partial charge in [-0.3, -0.25) is 29.5 Å². The lowest BCUT2D eigenvalue weighted by molar-refractivity contribution is -0.125. The smallest absolute Gasteiger partial charge is 0.320 e. The molecule has 0 aromatic heterocycles. The van der Waals surface area contributed by atoms with Gasteiger partial charge in [-0.15, -0.1) is 0 Å². The van der Waals surface area contributed by atoms with Crippen molar-refractivity contribution in [1.82, 2.24) is 34.7 Å². The van der Waals surface area contributed by atoms with E-state index in [4.69, 9.17) is 0 Å². The second-order valence-electron chi connectivity index (χ2n) is 14.1. The normalized spacial score (nSPS) is 22.8. The van der Waals surface area contributed by atoms with Crippen LogP contribution in [0, 0.1) is 0 Å². The summed E-state index contributed by atoms with van der Waals surface area (Å²) in [4.78, 5) is 64.6. The Balaban J connectivity index is 0.881. The first kappa shape index (κ1) is 33.7. The van der Waals surface area contributed by atoms with E-state index in [1.165, 1.54) is 32.4 Å². The summed E-state index contributed by atoms with van der Waals surface area (Å²) < 4.78 is 0. The summed E-state index contributed by atoms with van der Waals surface area (Å²) in [5.41, 5.74) is 2.95. The van der Waals surface area contributed by atoms with Crippen molar-refractivity contribution < 1.29 is 19.2 Å². The Bertz CT molecular complexity index is 1250. The van der Waals surface area contributed by atoms with E-state index in [9.17, 15) is 19.2 Å². The molecule has 4 saturated heterocycles. The summed E-state index contributed by atoms with van der Waals surface area (Å²) in [7, 11) is 0. The molecule has 0 saturated carbocycles. The van der Waals surface area contributed by atoms with Gasteiger partial charge in [-0.05, 0) is 75.9 Å².